The molecule has 0 amide bonds. The first kappa shape index (κ1) is 12.2. The third-order valence-electron chi connectivity index (χ3n) is 3.57. The predicted octanol–water partition coefficient (Wildman–Crippen LogP) is 1.27. The van der Waals surface area contributed by atoms with E-state index >= 15 is 0 Å². The molecule has 2 aliphatic rings. The Bertz CT molecular complexity index is 414. The van der Waals surface area contributed by atoms with Crippen LogP contribution in [-0.4, -0.2) is 42.8 Å². The van der Waals surface area contributed by atoms with E-state index in [0.29, 0.717) is 12.8 Å². The van der Waals surface area contributed by atoms with Crippen LogP contribution >= 0.6 is 0 Å². The Morgan fingerprint density at radius 3 is 2.12 bits per heavy atom. The second-order valence-electron chi connectivity index (χ2n) is 6.09. The van der Waals surface area contributed by atoms with Crippen LogP contribution in [0.1, 0.15) is 40.5 Å². The highest BCUT2D eigenvalue weighted by Crippen LogP contribution is 2.47. The van der Waals surface area contributed by atoms with Gasteiger partial charge in [-0.25, -0.2) is 0 Å². The van der Waals surface area contributed by atoms with Crippen LogP contribution < -0.4 is 0 Å². The van der Waals surface area contributed by atoms with E-state index in [2.05, 4.69) is 6.04 Å². The molecule has 5 nitrogen and oxygen atoms in total. The third kappa shape index (κ3) is 1.52. The Hall–Kier alpha value is -1.25. The van der Waals surface area contributed by atoms with Crippen molar-refractivity contribution in [2.24, 2.45) is 0 Å². The normalized spacial score (nSPS) is 29.4. The molecule has 1 saturated heterocycles. The van der Waals surface area contributed by atoms with Crippen LogP contribution in [-0.2, 0) is 4.74 Å². The van der Waals surface area contributed by atoms with E-state index in [4.69, 9.17) is 11.2 Å². The van der Waals surface area contributed by atoms with E-state index in [0.717, 1.165) is 0 Å². The number of ether oxygens (including phenoxy) is 1. The van der Waals surface area contributed by atoms with E-state index < -0.39 is 16.8 Å². The molecule has 0 aliphatic carbocycles. The van der Waals surface area contributed by atoms with Crippen LogP contribution in [0.2, 0.25) is 0 Å². The zero-order chi connectivity index (χ0) is 13.1. The smallest absolute Gasteiger partial charge is 0.429 e. The molecule has 2 aliphatic heterocycles. The van der Waals surface area contributed by atoms with Crippen molar-refractivity contribution < 1.29 is 19.6 Å². The van der Waals surface area contributed by atoms with Gasteiger partial charge in [-0.2, -0.15) is 5.06 Å². The summed E-state index contributed by atoms with van der Waals surface area (Å²) in [6.07, 6.45) is 6.19. The highest BCUT2D eigenvalue weighted by Gasteiger charge is 2.67. The maximum atomic E-state index is 10.2. The Morgan fingerprint density at radius 1 is 1.29 bits per heavy atom. The fourth-order valence-corrected chi connectivity index (χ4v) is 3.18. The molecule has 0 saturated carbocycles. The highest BCUT2D eigenvalue weighted by atomic mass is 16.7. The summed E-state index contributed by atoms with van der Waals surface area (Å²) < 4.78 is 6.81. The molecule has 1 fully saturated rings. The predicted molar refractivity (Wildman–Crippen MR) is 61.6 cm³/mol. The molecule has 0 aromatic heterocycles. The molecular weight excluding hydrogens is 220 g/mol. The lowest BCUT2D eigenvalue weighted by Gasteiger charge is -2.53. The summed E-state index contributed by atoms with van der Waals surface area (Å²) in [5, 5.41) is 21.0. The fraction of sp³-hybridized carbons (Fsp3) is 0.750. The van der Waals surface area contributed by atoms with Gasteiger partial charge in [0.1, 0.15) is 0 Å². The van der Waals surface area contributed by atoms with Gasteiger partial charge in [0, 0.05) is 0 Å². The number of rotatable bonds is 0. The molecule has 0 bridgehead atoms. The Labute approximate surface area is 101 Å². The van der Waals surface area contributed by atoms with Gasteiger partial charge in [-0.05, 0) is 38.7 Å². The van der Waals surface area contributed by atoms with Gasteiger partial charge in [0.25, 0.3) is 0 Å². The molecule has 2 N–H and O–H groups in total. The molecule has 0 atom stereocenters. The number of nitrogens with zero attached hydrogens (tertiary/aromatic N) is 2. The summed E-state index contributed by atoms with van der Waals surface area (Å²) in [6, 6.07) is 2.42. The van der Waals surface area contributed by atoms with Crippen LogP contribution in [0, 0.1) is 12.5 Å². The first-order valence-electron chi connectivity index (χ1n) is 5.65. The average molecular weight is 239 g/mol. The molecule has 0 unspecified atom stereocenters. The van der Waals surface area contributed by atoms with Crippen LogP contribution in [0.4, 0.5) is 0 Å². The van der Waals surface area contributed by atoms with Gasteiger partial charge < -0.3 is 15.1 Å². The molecule has 0 radical (unpaired) electrons. The van der Waals surface area contributed by atoms with E-state index in [1.54, 1.807) is 0 Å². The lowest BCUT2D eigenvalue weighted by molar-refractivity contribution is -0.672. The Morgan fingerprint density at radius 2 is 1.76 bits per heavy atom. The van der Waals surface area contributed by atoms with Gasteiger partial charge in [-0.3, -0.25) is 0 Å². The number of hydrogen-bond acceptors (Lipinski definition) is 3. The number of hydrogen-bond donors (Lipinski definition) is 2. The van der Waals surface area contributed by atoms with Crippen molar-refractivity contribution in [3.63, 3.8) is 0 Å². The second kappa shape index (κ2) is 3.15. The molecule has 0 aromatic carbocycles. The van der Waals surface area contributed by atoms with Crippen molar-refractivity contribution >= 4 is 6.08 Å². The monoisotopic (exact) mass is 239 g/mol. The average Bonchev–Trinajstić information content (AvgIpc) is 2.13. The van der Waals surface area contributed by atoms with Crippen molar-refractivity contribution in [2.45, 2.75) is 57.3 Å². The van der Waals surface area contributed by atoms with E-state index in [1.165, 1.54) is 9.64 Å². The largest absolute Gasteiger partial charge is 0.571 e. The van der Waals surface area contributed by atoms with Crippen LogP contribution in [0.3, 0.4) is 0 Å². The van der Waals surface area contributed by atoms with Gasteiger partial charge in [-0.15, -0.1) is 0 Å². The zero-order valence-electron chi connectivity index (χ0n) is 10.7. The number of terminal acetylenes is 1. The maximum Gasteiger partial charge on any atom is 0.571 e. The number of hydroxylamine groups is 2. The third-order valence-corrected chi connectivity index (χ3v) is 3.57. The Kier molecular flexibility index (Phi) is 2.26. The van der Waals surface area contributed by atoms with E-state index in [-0.39, 0.29) is 6.08 Å². The molecule has 0 aromatic rings. The van der Waals surface area contributed by atoms with Gasteiger partial charge in [0.15, 0.2) is 0 Å². The number of piperidine rings is 1. The summed E-state index contributed by atoms with van der Waals surface area (Å²) in [6.45, 7) is 7.68. The van der Waals surface area contributed by atoms with Gasteiger partial charge in [-0.1, -0.05) is 0 Å². The molecule has 1 spiro atoms. The minimum absolute atomic E-state index is 0.231. The number of aliphatic hydroxyl groups is 1. The second-order valence-corrected chi connectivity index (χ2v) is 6.09. The molecule has 2 heterocycles. The minimum Gasteiger partial charge on any atom is -0.429 e. The van der Waals surface area contributed by atoms with Crippen molar-refractivity contribution in [3.8, 4) is 12.5 Å². The SMILES string of the molecule is C#C[N+]1=C(O)OC12CC(C)(C)N(O)C(C)(C)C2. The molecular formula is C12H19N2O3+. The van der Waals surface area contributed by atoms with Crippen LogP contribution in [0.5, 0.6) is 0 Å². The van der Waals surface area contributed by atoms with Crippen molar-refractivity contribution in [1.82, 2.24) is 5.06 Å². The van der Waals surface area contributed by atoms with E-state index in [9.17, 15) is 10.3 Å². The lowest BCUT2D eigenvalue weighted by Crippen LogP contribution is -2.71. The van der Waals surface area contributed by atoms with Gasteiger partial charge in [0.2, 0.25) is 6.04 Å². The minimum atomic E-state index is -0.703. The lowest BCUT2D eigenvalue weighted by atomic mass is 9.75. The van der Waals surface area contributed by atoms with Crippen LogP contribution in [0.25, 0.3) is 0 Å². The van der Waals surface area contributed by atoms with Crippen molar-refractivity contribution in [2.75, 3.05) is 0 Å². The summed E-state index contributed by atoms with van der Waals surface area (Å²) in [5.74, 6) is 0. The molecule has 17 heavy (non-hydrogen) atoms. The maximum absolute atomic E-state index is 10.2. The summed E-state index contributed by atoms with van der Waals surface area (Å²) in [7, 11) is 0. The molecule has 2 rings (SSSR count). The summed E-state index contributed by atoms with van der Waals surface area (Å²) in [5.41, 5.74) is -1.65. The molecule has 5 heteroatoms. The standard InChI is InChI=1S/C12H18N2O3/c1-6-13-9(15)17-12(13)7-10(2,3)14(16)11(4,5)8-12/h1,16H,7-8H2,2-5H3/p+1. The first-order valence-corrected chi connectivity index (χ1v) is 5.65. The topological polar surface area (TPSA) is 55.9 Å². The quantitative estimate of drug-likeness (QED) is 0.494. The van der Waals surface area contributed by atoms with Gasteiger partial charge in [0.05, 0.1) is 23.9 Å². The summed E-state index contributed by atoms with van der Waals surface area (Å²) in [4.78, 5) is 0. The first-order chi connectivity index (χ1) is 7.65. The highest BCUT2D eigenvalue weighted by molar-refractivity contribution is 5.63. The van der Waals surface area contributed by atoms with Crippen LogP contribution in [0.15, 0.2) is 0 Å². The molecule has 94 valence electrons. The van der Waals surface area contributed by atoms with Crippen molar-refractivity contribution in [1.29, 1.82) is 0 Å². The van der Waals surface area contributed by atoms with Crippen molar-refractivity contribution in [3.05, 3.63) is 0 Å². The Balaban J connectivity index is 2.41. The zero-order valence-corrected chi connectivity index (χ0v) is 10.7. The number of aliphatic hydroxyl groups excluding tert-OH is 1. The van der Waals surface area contributed by atoms with Gasteiger partial charge >= 0.3 is 11.8 Å². The van der Waals surface area contributed by atoms with E-state index in [1.807, 2.05) is 27.7 Å². The fourth-order valence-electron chi connectivity index (χ4n) is 3.18. The summed E-state index contributed by atoms with van der Waals surface area (Å²) >= 11 is 0.